The number of aromatic amines is 1. The molecule has 2 aromatic carbocycles. The molecule has 2 heterocycles. The van der Waals surface area contributed by atoms with Crippen LogP contribution in [0.5, 0.6) is 0 Å². The number of hydrogen-bond acceptors (Lipinski definition) is 5. The van der Waals surface area contributed by atoms with Crippen LogP contribution >= 0.6 is 23.8 Å². The van der Waals surface area contributed by atoms with Gasteiger partial charge in [0.1, 0.15) is 12.1 Å². The number of aromatic nitrogens is 6. The lowest BCUT2D eigenvalue weighted by Crippen LogP contribution is -2.08. The number of hydrogen-bond donors (Lipinski definition) is 1. The maximum atomic E-state index is 6.15. The van der Waals surface area contributed by atoms with Gasteiger partial charge in [-0.3, -0.25) is 5.10 Å². The van der Waals surface area contributed by atoms with Gasteiger partial charge >= 0.3 is 0 Å². The number of nitrogens with zero attached hydrogens (tertiary/aromatic N) is 6. The van der Waals surface area contributed by atoms with E-state index in [0.29, 0.717) is 22.2 Å². The summed E-state index contributed by atoms with van der Waals surface area (Å²) >= 11 is 11.4. The van der Waals surface area contributed by atoms with Crippen molar-refractivity contribution in [1.82, 2.24) is 29.9 Å². The summed E-state index contributed by atoms with van der Waals surface area (Å²) in [5, 5.41) is 20.3. The third-order valence-corrected chi connectivity index (χ3v) is 4.25. The van der Waals surface area contributed by atoms with E-state index < -0.39 is 0 Å². The van der Waals surface area contributed by atoms with E-state index in [0.717, 1.165) is 16.6 Å². The molecule has 0 radical (unpaired) electrons. The first-order chi connectivity index (χ1) is 12.2. The number of rotatable bonds is 4. The second-order valence-electron chi connectivity index (χ2n) is 5.26. The van der Waals surface area contributed by atoms with Gasteiger partial charge < -0.3 is 0 Å². The van der Waals surface area contributed by atoms with Gasteiger partial charge in [-0.05, 0) is 30.4 Å². The van der Waals surface area contributed by atoms with E-state index in [-0.39, 0.29) is 0 Å². The van der Waals surface area contributed by atoms with E-state index in [1.807, 2.05) is 42.5 Å². The van der Waals surface area contributed by atoms with E-state index in [9.17, 15) is 0 Å². The summed E-state index contributed by atoms with van der Waals surface area (Å²) in [6.45, 7) is 0.382. The lowest BCUT2D eigenvalue weighted by molar-refractivity contribution is 0.617. The highest BCUT2D eigenvalue weighted by Gasteiger charge is 2.10. The van der Waals surface area contributed by atoms with Crippen LogP contribution in [0.25, 0.3) is 11.0 Å². The highest BCUT2D eigenvalue weighted by molar-refractivity contribution is 7.71. The van der Waals surface area contributed by atoms with Crippen LogP contribution in [0, 0.1) is 4.77 Å². The minimum Gasteiger partial charge on any atom is -0.250 e. The van der Waals surface area contributed by atoms with Gasteiger partial charge in [0.05, 0.1) is 11.7 Å². The van der Waals surface area contributed by atoms with Gasteiger partial charge in [-0.2, -0.15) is 14.9 Å². The van der Waals surface area contributed by atoms with Crippen LogP contribution in [0.2, 0.25) is 5.02 Å². The van der Waals surface area contributed by atoms with E-state index in [1.165, 1.54) is 0 Å². The first-order valence-electron chi connectivity index (χ1n) is 7.46. The Kier molecular flexibility index (Phi) is 4.12. The molecule has 0 saturated carbocycles. The van der Waals surface area contributed by atoms with Crippen LogP contribution in [0.3, 0.4) is 0 Å². The molecule has 0 aliphatic heterocycles. The van der Waals surface area contributed by atoms with Crippen molar-refractivity contribution in [2.24, 2.45) is 5.10 Å². The predicted molar refractivity (Wildman–Crippen MR) is 98.5 cm³/mol. The zero-order chi connectivity index (χ0) is 17.2. The summed E-state index contributed by atoms with van der Waals surface area (Å²) in [6.07, 6.45) is 1.65. The molecule has 4 aromatic rings. The fourth-order valence-corrected chi connectivity index (χ4v) is 2.80. The largest absolute Gasteiger partial charge is 0.250 e. The Hall–Kier alpha value is -2.84. The molecule has 0 amide bonds. The molecule has 0 aliphatic carbocycles. The van der Waals surface area contributed by atoms with Gasteiger partial charge in [0.25, 0.3) is 0 Å². The lowest BCUT2D eigenvalue weighted by Gasteiger charge is -2.02. The molecule has 0 unspecified atom stereocenters. The van der Waals surface area contributed by atoms with Crippen LogP contribution in [0.15, 0.2) is 53.6 Å². The third-order valence-electron chi connectivity index (χ3n) is 3.65. The second-order valence-corrected chi connectivity index (χ2v) is 6.05. The molecule has 1 N–H and O–H groups in total. The average Bonchev–Trinajstić information content (AvgIpc) is 3.19. The number of para-hydroxylation sites is 1. The van der Waals surface area contributed by atoms with Crippen LogP contribution in [-0.4, -0.2) is 36.1 Å². The summed E-state index contributed by atoms with van der Waals surface area (Å²) in [5.41, 5.74) is 2.53. The molecule has 7 nitrogen and oxygen atoms in total. The molecule has 9 heteroatoms. The SMILES string of the molecule is S=c1[nH]nc(Cn2nnc3ccccc32)n1/N=C\c1ccccc1Cl. The van der Waals surface area contributed by atoms with E-state index in [1.54, 1.807) is 21.6 Å². The molecule has 0 bridgehead atoms. The van der Waals surface area contributed by atoms with Gasteiger partial charge in [-0.1, -0.05) is 47.1 Å². The maximum absolute atomic E-state index is 6.15. The molecule has 124 valence electrons. The fourth-order valence-electron chi connectivity index (χ4n) is 2.41. The number of fused-ring (bicyclic) bond motifs is 1. The summed E-state index contributed by atoms with van der Waals surface area (Å²) in [4.78, 5) is 0. The Morgan fingerprint density at radius 1 is 1.16 bits per heavy atom. The smallest absolute Gasteiger partial charge is 0.216 e. The number of halogens is 1. The molecule has 0 spiro atoms. The Bertz CT molecular complexity index is 1120. The van der Waals surface area contributed by atoms with E-state index in [4.69, 9.17) is 23.8 Å². The molecular formula is C16H12ClN7S. The van der Waals surface area contributed by atoms with Crippen molar-refractivity contribution in [3.63, 3.8) is 0 Å². The van der Waals surface area contributed by atoms with Crippen molar-refractivity contribution in [1.29, 1.82) is 0 Å². The number of nitrogens with one attached hydrogen (secondary N) is 1. The van der Waals surface area contributed by atoms with E-state index in [2.05, 4.69) is 25.6 Å². The van der Waals surface area contributed by atoms with Crippen LogP contribution in [0.4, 0.5) is 0 Å². The van der Waals surface area contributed by atoms with Crippen molar-refractivity contribution in [2.45, 2.75) is 6.54 Å². The fraction of sp³-hybridized carbons (Fsp3) is 0.0625. The highest BCUT2D eigenvalue weighted by atomic mass is 35.5. The van der Waals surface area contributed by atoms with Gasteiger partial charge in [0, 0.05) is 10.6 Å². The Morgan fingerprint density at radius 3 is 2.84 bits per heavy atom. The van der Waals surface area contributed by atoms with Gasteiger partial charge in [-0.25, -0.2) is 4.68 Å². The van der Waals surface area contributed by atoms with Crippen LogP contribution in [0.1, 0.15) is 11.4 Å². The molecule has 2 aromatic heterocycles. The summed E-state index contributed by atoms with van der Waals surface area (Å²) in [7, 11) is 0. The number of benzene rings is 2. The molecule has 0 saturated heterocycles. The predicted octanol–water partition coefficient (Wildman–Crippen LogP) is 3.27. The third kappa shape index (κ3) is 3.09. The van der Waals surface area contributed by atoms with Crippen LogP contribution in [-0.2, 0) is 6.54 Å². The van der Waals surface area contributed by atoms with E-state index >= 15 is 0 Å². The van der Waals surface area contributed by atoms with Crippen molar-refractivity contribution in [3.05, 3.63) is 69.7 Å². The summed E-state index contributed by atoms with van der Waals surface area (Å²) in [6, 6.07) is 15.2. The second kappa shape index (κ2) is 6.58. The van der Waals surface area contributed by atoms with Crippen molar-refractivity contribution in [2.75, 3.05) is 0 Å². The first kappa shape index (κ1) is 15.7. The van der Waals surface area contributed by atoms with Gasteiger partial charge in [0.15, 0.2) is 5.82 Å². The van der Waals surface area contributed by atoms with Gasteiger partial charge in [0.2, 0.25) is 4.77 Å². The molecule has 0 fully saturated rings. The van der Waals surface area contributed by atoms with Crippen molar-refractivity contribution < 1.29 is 0 Å². The van der Waals surface area contributed by atoms with Crippen molar-refractivity contribution >= 4 is 41.1 Å². The lowest BCUT2D eigenvalue weighted by atomic mass is 10.2. The highest BCUT2D eigenvalue weighted by Crippen LogP contribution is 2.14. The summed E-state index contributed by atoms with van der Waals surface area (Å²) in [5.74, 6) is 0.615. The minimum atomic E-state index is 0.382. The quantitative estimate of drug-likeness (QED) is 0.442. The molecular weight excluding hydrogens is 358 g/mol. The zero-order valence-corrected chi connectivity index (χ0v) is 14.4. The monoisotopic (exact) mass is 369 g/mol. The topological polar surface area (TPSA) is 76.7 Å². The zero-order valence-electron chi connectivity index (χ0n) is 12.9. The maximum Gasteiger partial charge on any atom is 0.216 e. The normalized spacial score (nSPS) is 11.6. The molecule has 25 heavy (non-hydrogen) atoms. The first-order valence-corrected chi connectivity index (χ1v) is 8.24. The Labute approximate surface area is 152 Å². The average molecular weight is 370 g/mol. The Balaban J connectivity index is 1.68. The number of H-pyrrole nitrogens is 1. The summed E-state index contributed by atoms with van der Waals surface area (Å²) < 4.78 is 3.69. The molecule has 4 rings (SSSR count). The minimum absolute atomic E-state index is 0.382. The van der Waals surface area contributed by atoms with Gasteiger partial charge in [-0.15, -0.1) is 5.10 Å². The Morgan fingerprint density at radius 2 is 1.96 bits per heavy atom. The standard InChI is InChI=1S/C16H12ClN7S/c17-12-6-2-1-5-11(12)9-18-24-15(20-21-16(24)25)10-23-14-8-4-3-7-13(14)19-22-23/h1-9H,10H2,(H,21,25)/b18-9-. The van der Waals surface area contributed by atoms with Crippen molar-refractivity contribution in [3.8, 4) is 0 Å². The van der Waals surface area contributed by atoms with Crippen LogP contribution < -0.4 is 0 Å². The molecule has 0 atom stereocenters. The molecule has 0 aliphatic rings.